The molecule has 0 amide bonds. The number of hydrogen-bond acceptors (Lipinski definition) is 0. The van der Waals surface area contributed by atoms with E-state index in [2.05, 4.69) is 57.2 Å². The molecule has 1 heterocycles. The van der Waals surface area contributed by atoms with Gasteiger partial charge in [0.15, 0.2) is 5.71 Å². The summed E-state index contributed by atoms with van der Waals surface area (Å²) < 4.78 is 1.82. The molecule has 0 atom stereocenters. The van der Waals surface area contributed by atoms with Crippen LogP contribution in [0.4, 0.5) is 5.69 Å². The second-order valence-corrected chi connectivity index (χ2v) is 5.26. The van der Waals surface area contributed by atoms with E-state index in [1.807, 2.05) is 4.58 Å². The Morgan fingerprint density at radius 1 is 1.06 bits per heavy atom. The molecule has 0 N–H and O–H groups in total. The fourth-order valence-electron chi connectivity index (χ4n) is 2.78. The Morgan fingerprint density at radius 2 is 1.76 bits per heavy atom. The average molecular weight is 222 g/mol. The minimum absolute atomic E-state index is 0.00491. The lowest BCUT2D eigenvalue weighted by atomic mass is 9.80. The molecule has 1 nitrogen and oxygen atoms in total. The van der Waals surface area contributed by atoms with Crippen molar-refractivity contribution in [2.75, 3.05) is 0 Å². The zero-order valence-electron chi connectivity index (χ0n) is 10.5. The largest absolute Gasteiger partial charge is 0.295 e. The van der Waals surface area contributed by atoms with Crippen molar-refractivity contribution in [3.05, 3.63) is 49.0 Å². The first kappa shape index (κ1) is 10.5. The molecule has 2 aromatic rings. The fraction of sp³-hybridized carbons (Fsp3) is 0.250. The van der Waals surface area contributed by atoms with Crippen LogP contribution in [0.1, 0.15) is 26.3 Å². The van der Waals surface area contributed by atoms with Gasteiger partial charge in [-0.15, -0.1) is 0 Å². The molecule has 0 saturated carbocycles. The molecule has 0 aromatic heterocycles. The van der Waals surface area contributed by atoms with E-state index < -0.39 is 0 Å². The lowest BCUT2D eigenvalue weighted by Crippen LogP contribution is -2.25. The number of fused-ring (bicyclic) bond motifs is 3. The first-order valence-corrected chi connectivity index (χ1v) is 5.94. The molecule has 1 heteroatoms. The molecule has 0 bridgehead atoms. The predicted octanol–water partition coefficient (Wildman–Crippen LogP) is 3.90. The topological polar surface area (TPSA) is 3.01 Å². The summed E-state index contributed by atoms with van der Waals surface area (Å²) in [6, 6.07) is 12.8. The molecule has 3 rings (SSSR count). The zero-order chi connectivity index (χ0) is 12.2. The van der Waals surface area contributed by atoms with Gasteiger partial charge in [-0.1, -0.05) is 24.3 Å². The molecule has 17 heavy (non-hydrogen) atoms. The van der Waals surface area contributed by atoms with Crippen LogP contribution in [0.15, 0.2) is 36.4 Å². The number of nitrogens with zero attached hydrogens (tertiary/aromatic N) is 1. The van der Waals surface area contributed by atoms with Crippen molar-refractivity contribution in [3.63, 3.8) is 0 Å². The number of benzene rings is 2. The monoisotopic (exact) mass is 222 g/mol. The van der Waals surface area contributed by atoms with Crippen LogP contribution in [-0.2, 0) is 5.41 Å². The molecule has 2 radical (unpaired) electrons. The van der Waals surface area contributed by atoms with Crippen LogP contribution in [0.5, 0.6) is 0 Å². The van der Waals surface area contributed by atoms with Crippen molar-refractivity contribution in [2.24, 2.45) is 0 Å². The van der Waals surface area contributed by atoms with Crippen molar-refractivity contribution in [3.8, 4) is 0 Å². The van der Waals surface area contributed by atoms with Gasteiger partial charge in [-0.3, -0.25) is 0 Å². The third-order valence-corrected chi connectivity index (χ3v) is 4.06. The molecule has 0 unspecified atom stereocenters. The fourth-order valence-corrected chi connectivity index (χ4v) is 2.78. The van der Waals surface area contributed by atoms with Crippen molar-refractivity contribution in [2.45, 2.75) is 26.2 Å². The van der Waals surface area contributed by atoms with Crippen LogP contribution >= 0.6 is 0 Å². The van der Waals surface area contributed by atoms with Gasteiger partial charge in [0.25, 0.3) is 7.05 Å². The maximum absolute atomic E-state index is 6.15. The van der Waals surface area contributed by atoms with E-state index in [1.54, 1.807) is 0 Å². The van der Waals surface area contributed by atoms with Crippen LogP contribution in [0, 0.1) is 7.05 Å². The lowest BCUT2D eigenvalue weighted by molar-refractivity contribution is -0.366. The Hall–Kier alpha value is -1.63. The second kappa shape index (κ2) is 3.19. The van der Waals surface area contributed by atoms with Gasteiger partial charge in [-0.2, -0.15) is 4.58 Å². The minimum atomic E-state index is 0.00491. The number of rotatable bonds is 0. The molecular formula is C16H16N+. The van der Waals surface area contributed by atoms with Gasteiger partial charge in [-0.05, 0) is 30.7 Å². The first-order chi connectivity index (χ1) is 8.03. The average Bonchev–Trinajstić information content (AvgIpc) is 2.51. The Kier molecular flexibility index (Phi) is 1.97. The van der Waals surface area contributed by atoms with Crippen LogP contribution < -0.4 is 0 Å². The first-order valence-electron chi connectivity index (χ1n) is 5.94. The van der Waals surface area contributed by atoms with E-state index in [1.165, 1.54) is 22.0 Å². The van der Waals surface area contributed by atoms with E-state index in [4.69, 9.17) is 7.05 Å². The molecule has 0 saturated heterocycles. The Balaban J connectivity index is 2.47. The van der Waals surface area contributed by atoms with Gasteiger partial charge in [0.05, 0.1) is 5.41 Å². The van der Waals surface area contributed by atoms with E-state index in [0.717, 1.165) is 5.69 Å². The summed E-state index contributed by atoms with van der Waals surface area (Å²) in [6.07, 6.45) is 0. The highest BCUT2D eigenvalue weighted by Gasteiger charge is 2.42. The Labute approximate surface area is 102 Å². The summed E-state index contributed by atoms with van der Waals surface area (Å²) in [4.78, 5) is 0. The lowest BCUT2D eigenvalue weighted by Gasteiger charge is -2.17. The highest BCUT2D eigenvalue weighted by molar-refractivity contribution is 6.01. The SMILES string of the molecule is [CH][N+]1=C(C)C(C)(C)c2c1ccc1ccccc21. The van der Waals surface area contributed by atoms with Crippen molar-refractivity contribution < 1.29 is 4.58 Å². The molecule has 84 valence electrons. The Morgan fingerprint density at radius 3 is 2.53 bits per heavy atom. The maximum Gasteiger partial charge on any atom is 0.295 e. The standard InChI is InChI=1S/C16H16N/c1-11-16(2,3)15-13-8-6-5-7-12(13)9-10-14(15)17(11)4/h4-10H,1-3H3/q+1. The van der Waals surface area contributed by atoms with Crippen LogP contribution in [-0.4, -0.2) is 10.3 Å². The Bertz CT molecular complexity index is 648. The van der Waals surface area contributed by atoms with Crippen molar-refractivity contribution >= 4 is 22.2 Å². The second-order valence-electron chi connectivity index (χ2n) is 5.26. The predicted molar refractivity (Wildman–Crippen MR) is 71.9 cm³/mol. The van der Waals surface area contributed by atoms with Crippen LogP contribution in [0.25, 0.3) is 10.8 Å². The van der Waals surface area contributed by atoms with E-state index in [-0.39, 0.29) is 5.41 Å². The van der Waals surface area contributed by atoms with Gasteiger partial charge < -0.3 is 0 Å². The molecule has 1 aliphatic heterocycles. The highest BCUT2D eigenvalue weighted by Crippen LogP contribution is 2.43. The summed E-state index contributed by atoms with van der Waals surface area (Å²) >= 11 is 0. The maximum atomic E-state index is 6.15. The third-order valence-electron chi connectivity index (χ3n) is 4.06. The summed E-state index contributed by atoms with van der Waals surface area (Å²) in [7, 11) is 6.15. The smallest absolute Gasteiger partial charge is 0.182 e. The van der Waals surface area contributed by atoms with Gasteiger partial charge in [0, 0.05) is 18.6 Å². The zero-order valence-corrected chi connectivity index (χ0v) is 10.5. The molecule has 2 aromatic carbocycles. The van der Waals surface area contributed by atoms with Gasteiger partial charge in [-0.25, -0.2) is 0 Å². The van der Waals surface area contributed by atoms with Gasteiger partial charge in [0.2, 0.25) is 5.69 Å². The van der Waals surface area contributed by atoms with E-state index in [0.29, 0.717) is 0 Å². The summed E-state index contributed by atoms with van der Waals surface area (Å²) in [5.74, 6) is 0. The van der Waals surface area contributed by atoms with Crippen molar-refractivity contribution in [1.82, 2.24) is 0 Å². The molecule has 0 spiro atoms. The van der Waals surface area contributed by atoms with Crippen molar-refractivity contribution in [1.29, 1.82) is 0 Å². The van der Waals surface area contributed by atoms with Crippen LogP contribution in [0.2, 0.25) is 0 Å². The highest BCUT2D eigenvalue weighted by atomic mass is 15.0. The van der Waals surface area contributed by atoms with Gasteiger partial charge in [0.1, 0.15) is 0 Å². The van der Waals surface area contributed by atoms with E-state index >= 15 is 0 Å². The third kappa shape index (κ3) is 1.22. The van der Waals surface area contributed by atoms with Crippen LogP contribution in [0.3, 0.4) is 0 Å². The molecule has 1 aliphatic rings. The summed E-state index contributed by atoms with van der Waals surface area (Å²) in [5, 5.41) is 2.59. The van der Waals surface area contributed by atoms with E-state index in [9.17, 15) is 0 Å². The van der Waals surface area contributed by atoms with Gasteiger partial charge >= 0.3 is 0 Å². The number of hydrogen-bond donors (Lipinski definition) is 0. The summed E-state index contributed by atoms with van der Waals surface area (Å²) in [6.45, 7) is 6.58. The molecule has 0 fully saturated rings. The molecule has 0 aliphatic carbocycles. The quantitative estimate of drug-likeness (QED) is 0.595. The normalized spacial score (nSPS) is 17.6. The summed E-state index contributed by atoms with van der Waals surface area (Å²) in [5.41, 5.74) is 3.68. The minimum Gasteiger partial charge on any atom is -0.182 e. The molecular weight excluding hydrogens is 206 g/mol.